The molecule has 0 aromatic heterocycles. The van der Waals surface area contributed by atoms with Crippen LogP contribution in [-0.4, -0.2) is 15.8 Å². The van der Waals surface area contributed by atoms with E-state index in [9.17, 15) is 5.21 Å². The van der Waals surface area contributed by atoms with Crippen LogP contribution in [-0.2, 0) is 9.98 Å². The second-order valence-corrected chi connectivity index (χ2v) is 0.618. The summed E-state index contributed by atoms with van der Waals surface area (Å²) < 4.78 is 0. The first-order valence-electron chi connectivity index (χ1n) is 0.914. The number of hydrogen-bond acceptors (Lipinski definition) is 4. The molecule has 0 saturated carbocycles. The molecule has 42 valence electrons. The first-order chi connectivity index (χ1) is 2.21. The molecule has 0 spiro atoms. The normalized spacial score (nSPS) is 21.4. The van der Waals surface area contributed by atoms with Gasteiger partial charge in [-0.2, -0.15) is 0 Å². The molecule has 1 saturated heterocycles. The molecule has 0 amide bonds. The van der Waals surface area contributed by atoms with Crippen molar-refractivity contribution in [2.24, 2.45) is 0 Å². The molecule has 0 aromatic rings. The molecule has 0 unspecified atom stereocenters. The molecule has 1 fully saturated rings. The van der Waals surface area contributed by atoms with E-state index in [2.05, 4.69) is 9.98 Å². The van der Waals surface area contributed by atoms with E-state index in [1.807, 2.05) is 0 Å². The molecule has 1 heterocycles. The third kappa shape index (κ3) is 5.00. The van der Waals surface area contributed by atoms with Crippen molar-refractivity contribution in [3.63, 3.8) is 0 Å². The predicted molar refractivity (Wildman–Crippen MR) is 11.2 cm³/mol. The SMILES string of the molecule is O.[Ce].[O-][N+]1(O)OO1. The van der Waals surface area contributed by atoms with E-state index in [1.165, 1.54) is 0 Å². The maximum absolute atomic E-state index is 9.26. The Hall–Kier alpha value is 1.14. The van der Waals surface area contributed by atoms with Crippen molar-refractivity contribution in [3.8, 4) is 0 Å². The molecule has 0 aliphatic carbocycles. The van der Waals surface area contributed by atoms with Gasteiger partial charge in [0.1, 0.15) is 9.98 Å². The fourth-order valence-electron chi connectivity index (χ4n) is 0.0285. The van der Waals surface area contributed by atoms with E-state index in [0.29, 0.717) is 0 Å². The maximum atomic E-state index is 9.26. The van der Waals surface area contributed by atoms with Crippen LogP contribution in [0.1, 0.15) is 0 Å². The summed E-state index contributed by atoms with van der Waals surface area (Å²) >= 11 is 0. The molecular formula is H3CeNO5. The quantitative estimate of drug-likeness (QED) is 0.244. The molecule has 6 nitrogen and oxygen atoms in total. The first kappa shape index (κ1) is 11.0. The molecular weight excluding hydrogens is 234 g/mol. The van der Waals surface area contributed by atoms with Crippen LogP contribution in [0.15, 0.2) is 0 Å². The third-order valence-electron chi connectivity index (χ3n) is 0.202. The second-order valence-electron chi connectivity index (χ2n) is 0.618. The second kappa shape index (κ2) is 3.22. The van der Waals surface area contributed by atoms with Crippen LogP contribution in [0.5, 0.6) is 0 Å². The number of hydrogen-bond donors (Lipinski definition) is 1. The van der Waals surface area contributed by atoms with E-state index in [0.717, 1.165) is 0 Å². The minimum atomic E-state index is -2.00. The Morgan fingerprint density at radius 3 is 1.57 bits per heavy atom. The Kier molecular flexibility index (Phi) is 5.06. The van der Waals surface area contributed by atoms with Crippen molar-refractivity contribution in [1.29, 1.82) is 0 Å². The van der Waals surface area contributed by atoms with Crippen LogP contribution in [0.2, 0.25) is 0 Å². The van der Waals surface area contributed by atoms with Crippen LogP contribution in [0.4, 0.5) is 0 Å². The number of nitrogens with zero attached hydrogens (tertiary/aromatic N) is 1. The molecule has 7 heteroatoms. The predicted octanol–water partition coefficient (Wildman–Crippen LogP) is -1.34. The van der Waals surface area contributed by atoms with Gasteiger partial charge in [0.25, 0.3) is 0 Å². The van der Waals surface area contributed by atoms with Gasteiger partial charge in [0.05, 0.1) is 0 Å². The fraction of sp³-hybridized carbons (Fsp3) is 0. The Morgan fingerprint density at radius 2 is 1.57 bits per heavy atom. The van der Waals surface area contributed by atoms with Crippen molar-refractivity contribution in [2.45, 2.75) is 0 Å². The van der Waals surface area contributed by atoms with Gasteiger partial charge in [0, 0.05) is 41.7 Å². The van der Waals surface area contributed by atoms with Gasteiger partial charge >= 0.3 is 0 Å². The van der Waals surface area contributed by atoms with Crippen LogP contribution < -0.4 is 0 Å². The van der Waals surface area contributed by atoms with Crippen LogP contribution in [0.25, 0.3) is 0 Å². The summed E-state index contributed by atoms with van der Waals surface area (Å²) in [5, 5.41) is 14.8. The van der Waals surface area contributed by atoms with Gasteiger partial charge in [0.2, 0.25) is 0 Å². The molecule has 1 aliphatic heterocycles. The molecule has 3 N–H and O–H groups in total. The zero-order valence-corrected chi connectivity index (χ0v) is 6.26. The number of quaternary nitrogens is 1. The molecule has 1 rings (SSSR count). The largest absolute Gasteiger partial charge is 0.523 e. The van der Waals surface area contributed by atoms with Gasteiger partial charge in [-0.15, -0.1) is 5.21 Å². The van der Waals surface area contributed by atoms with Crippen molar-refractivity contribution in [1.82, 2.24) is 0 Å². The molecule has 0 radical (unpaired) electrons. The maximum Gasteiger partial charge on any atom is 0.154 e. The Labute approximate surface area is 72.3 Å². The standard InChI is InChI=1S/Ce.HNO4.H2O/c;2-1(3)4-5-1;/h;2H;1H2. The van der Waals surface area contributed by atoms with Crippen molar-refractivity contribution >= 4 is 0 Å². The monoisotopic (exact) mass is 237 g/mol. The molecule has 0 bridgehead atoms. The van der Waals surface area contributed by atoms with Crippen LogP contribution >= 0.6 is 0 Å². The summed E-state index contributed by atoms with van der Waals surface area (Å²) in [6.07, 6.45) is 0. The van der Waals surface area contributed by atoms with Crippen LogP contribution in [0.3, 0.4) is 0 Å². The van der Waals surface area contributed by atoms with E-state index >= 15 is 0 Å². The van der Waals surface area contributed by atoms with Crippen molar-refractivity contribution in [2.75, 3.05) is 0 Å². The Bertz CT molecular complexity index is 46.0. The first-order valence-corrected chi connectivity index (χ1v) is 0.914. The van der Waals surface area contributed by atoms with Gasteiger partial charge in [-0.05, 0) is 0 Å². The van der Waals surface area contributed by atoms with E-state index in [1.54, 1.807) is 0 Å². The Morgan fingerprint density at radius 1 is 1.43 bits per heavy atom. The summed E-state index contributed by atoms with van der Waals surface area (Å²) in [7, 11) is 0. The van der Waals surface area contributed by atoms with Crippen molar-refractivity contribution < 1.29 is 67.5 Å². The summed E-state index contributed by atoms with van der Waals surface area (Å²) in [6, 6.07) is 0. The minimum Gasteiger partial charge on any atom is -0.523 e. The molecule has 0 aromatic carbocycles. The number of rotatable bonds is 0. The zero-order valence-electron chi connectivity index (χ0n) is 3.12. The fourth-order valence-corrected chi connectivity index (χ4v) is 0.0285. The van der Waals surface area contributed by atoms with Crippen LogP contribution in [0, 0.1) is 47.0 Å². The molecule has 0 atom stereocenters. The molecule has 7 heavy (non-hydrogen) atoms. The van der Waals surface area contributed by atoms with E-state index < -0.39 is 5.14 Å². The smallest absolute Gasteiger partial charge is 0.154 e. The average molecular weight is 237 g/mol. The van der Waals surface area contributed by atoms with Crippen molar-refractivity contribution in [3.05, 3.63) is 5.21 Å². The van der Waals surface area contributed by atoms with Gasteiger partial charge in [-0.25, -0.2) is 0 Å². The summed E-state index contributed by atoms with van der Waals surface area (Å²) in [5.41, 5.74) is 0. The van der Waals surface area contributed by atoms with E-state index in [-0.39, 0.29) is 47.2 Å². The topological polar surface area (TPSA) is 99.9 Å². The third-order valence-corrected chi connectivity index (χ3v) is 0.202. The molecule has 1 aliphatic rings. The van der Waals surface area contributed by atoms with Gasteiger partial charge in [-0.3, -0.25) is 0 Å². The Balaban J connectivity index is 0. The zero-order chi connectivity index (χ0) is 3.91. The van der Waals surface area contributed by atoms with Gasteiger partial charge in [-0.1, -0.05) is 0 Å². The summed E-state index contributed by atoms with van der Waals surface area (Å²) in [5.74, 6) is 0. The summed E-state index contributed by atoms with van der Waals surface area (Å²) in [6.45, 7) is 0. The van der Waals surface area contributed by atoms with Gasteiger partial charge in [0.15, 0.2) is 5.14 Å². The van der Waals surface area contributed by atoms with E-state index in [4.69, 9.17) is 5.21 Å². The average Bonchev–Trinajstić information content (AvgIpc) is 1.76. The summed E-state index contributed by atoms with van der Waals surface area (Å²) in [4.78, 5) is 6.67. The minimum absolute atomic E-state index is 0. The van der Waals surface area contributed by atoms with Gasteiger partial charge < -0.3 is 10.7 Å².